The maximum absolute atomic E-state index is 6.82. The smallest absolute Gasteiger partial charge is 0.256 e. The molecule has 0 spiro atoms. The lowest BCUT2D eigenvalue weighted by Crippen LogP contribution is -2.59. The van der Waals surface area contributed by atoms with E-state index in [1.165, 1.54) is 41.4 Å². The third kappa shape index (κ3) is 5.92. The van der Waals surface area contributed by atoms with E-state index in [0.29, 0.717) is 0 Å². The van der Waals surface area contributed by atoms with Gasteiger partial charge in [0.15, 0.2) is 0 Å². The van der Waals surface area contributed by atoms with Crippen LogP contribution < -0.4 is 30.9 Å². The van der Waals surface area contributed by atoms with Crippen molar-refractivity contribution in [3.05, 3.63) is 175 Å². The molecule has 2 unspecified atom stereocenters. The fourth-order valence-corrected chi connectivity index (χ4v) is 9.46. The molecule has 0 radical (unpaired) electrons. The number of ether oxygens (including phenoxy) is 1. The van der Waals surface area contributed by atoms with Crippen molar-refractivity contribution in [2.75, 3.05) is 9.80 Å². The predicted molar refractivity (Wildman–Crippen MR) is 238 cm³/mol. The molecule has 1 aromatic heterocycles. The van der Waals surface area contributed by atoms with Crippen molar-refractivity contribution in [2.45, 2.75) is 39.0 Å². The first-order valence-electron chi connectivity index (χ1n) is 20.6. The predicted octanol–water partition coefficient (Wildman–Crippen LogP) is 12.4. The van der Waals surface area contributed by atoms with Crippen LogP contribution in [-0.2, 0) is 6.42 Å². The molecule has 276 valence electrons. The van der Waals surface area contributed by atoms with Crippen molar-refractivity contribution in [2.24, 2.45) is 11.8 Å². The number of benzene rings is 7. The van der Waals surface area contributed by atoms with Gasteiger partial charge in [0.05, 0.1) is 0 Å². The number of furan rings is 1. The van der Waals surface area contributed by atoms with Crippen LogP contribution in [0.1, 0.15) is 38.2 Å². The molecule has 57 heavy (non-hydrogen) atoms. The SMILES string of the molecule is CC/C=C/CC1CC1CCc1ccc(N(c2ccccc2)c2ccc3c(c2)oc2cc4c(cc23)Oc2cccc3c2B4c2ccccc2N3c2ccccc2)cc1. The van der Waals surface area contributed by atoms with Gasteiger partial charge < -0.3 is 19.0 Å². The second-order valence-corrected chi connectivity index (χ2v) is 15.9. The van der Waals surface area contributed by atoms with Crippen molar-refractivity contribution in [3.8, 4) is 11.5 Å². The van der Waals surface area contributed by atoms with E-state index in [4.69, 9.17) is 9.15 Å². The molecule has 0 amide bonds. The lowest BCUT2D eigenvalue weighted by molar-refractivity contribution is 0.488. The van der Waals surface area contributed by atoms with Gasteiger partial charge in [-0.1, -0.05) is 91.9 Å². The van der Waals surface area contributed by atoms with Crippen molar-refractivity contribution < 1.29 is 9.15 Å². The minimum Gasteiger partial charge on any atom is -0.458 e. The van der Waals surface area contributed by atoms with E-state index in [0.717, 1.165) is 92.0 Å². The first-order chi connectivity index (χ1) is 28.2. The molecule has 1 aliphatic carbocycles. The van der Waals surface area contributed by atoms with Gasteiger partial charge in [-0.3, -0.25) is 0 Å². The monoisotopic (exact) mass is 738 g/mol. The molecule has 0 N–H and O–H groups in total. The summed E-state index contributed by atoms with van der Waals surface area (Å²) >= 11 is 0. The average molecular weight is 739 g/mol. The molecular weight excluding hydrogens is 695 g/mol. The number of anilines is 6. The maximum Gasteiger partial charge on any atom is 0.256 e. The van der Waals surface area contributed by atoms with Gasteiger partial charge in [-0.15, -0.1) is 0 Å². The molecule has 1 fully saturated rings. The molecule has 7 aromatic carbocycles. The summed E-state index contributed by atoms with van der Waals surface area (Å²) in [6.07, 6.45) is 10.9. The molecule has 0 saturated heterocycles. The Morgan fingerprint density at radius 3 is 2.21 bits per heavy atom. The highest BCUT2D eigenvalue weighted by molar-refractivity contribution is 6.99. The van der Waals surface area contributed by atoms with E-state index in [9.17, 15) is 0 Å². The summed E-state index contributed by atoms with van der Waals surface area (Å²) in [5, 5.41) is 2.13. The normalized spacial score (nSPS) is 16.4. The summed E-state index contributed by atoms with van der Waals surface area (Å²) in [6, 6.07) is 56.7. The van der Waals surface area contributed by atoms with Crippen LogP contribution in [0.5, 0.6) is 11.5 Å². The lowest BCUT2D eigenvalue weighted by Gasteiger charge is -2.39. The van der Waals surface area contributed by atoms with Gasteiger partial charge in [0.25, 0.3) is 6.71 Å². The summed E-state index contributed by atoms with van der Waals surface area (Å²) in [5.74, 6) is 3.53. The van der Waals surface area contributed by atoms with E-state index >= 15 is 0 Å². The second kappa shape index (κ2) is 13.9. The Hall–Kier alpha value is -6.46. The van der Waals surface area contributed by atoms with Gasteiger partial charge >= 0.3 is 0 Å². The topological polar surface area (TPSA) is 28.9 Å². The number of nitrogens with zero attached hydrogens (tertiary/aromatic N) is 2. The second-order valence-electron chi connectivity index (χ2n) is 15.9. The van der Waals surface area contributed by atoms with Gasteiger partial charge in [-0.25, -0.2) is 0 Å². The fourth-order valence-electron chi connectivity index (χ4n) is 9.46. The number of rotatable bonds is 10. The van der Waals surface area contributed by atoms with Gasteiger partial charge in [0.2, 0.25) is 0 Å². The molecule has 2 aliphatic heterocycles. The van der Waals surface area contributed by atoms with Crippen LogP contribution >= 0.6 is 0 Å². The van der Waals surface area contributed by atoms with Crippen molar-refractivity contribution in [1.29, 1.82) is 0 Å². The Kier molecular flexibility index (Phi) is 8.27. The zero-order valence-electron chi connectivity index (χ0n) is 32.1. The molecule has 1 saturated carbocycles. The molecular formula is C52H43BN2O2. The molecule has 3 aliphatic rings. The minimum absolute atomic E-state index is 0.00878. The van der Waals surface area contributed by atoms with Crippen LogP contribution in [0.25, 0.3) is 21.9 Å². The van der Waals surface area contributed by atoms with E-state index < -0.39 is 0 Å². The quantitative estimate of drug-likeness (QED) is 0.103. The Morgan fingerprint density at radius 2 is 1.37 bits per heavy atom. The van der Waals surface area contributed by atoms with Crippen LogP contribution in [0, 0.1) is 11.8 Å². The van der Waals surface area contributed by atoms with Crippen LogP contribution in [0.3, 0.4) is 0 Å². The molecule has 11 rings (SSSR count). The number of fused-ring (bicyclic) bond motifs is 7. The molecule has 5 heteroatoms. The summed E-state index contributed by atoms with van der Waals surface area (Å²) in [4.78, 5) is 4.69. The van der Waals surface area contributed by atoms with Gasteiger partial charge in [-0.2, -0.15) is 0 Å². The third-order valence-corrected chi connectivity index (χ3v) is 12.4. The van der Waals surface area contributed by atoms with Crippen molar-refractivity contribution in [3.63, 3.8) is 0 Å². The third-order valence-electron chi connectivity index (χ3n) is 12.4. The Labute approximate surface area is 334 Å². The largest absolute Gasteiger partial charge is 0.458 e. The van der Waals surface area contributed by atoms with Gasteiger partial charge in [-0.05, 0) is 145 Å². The van der Waals surface area contributed by atoms with Crippen molar-refractivity contribution in [1.82, 2.24) is 0 Å². The van der Waals surface area contributed by atoms with Crippen LogP contribution in [0.2, 0.25) is 0 Å². The Bertz CT molecular complexity index is 2790. The lowest BCUT2D eigenvalue weighted by atomic mass is 9.34. The van der Waals surface area contributed by atoms with Crippen LogP contribution in [0.4, 0.5) is 34.1 Å². The minimum atomic E-state index is 0.00878. The summed E-state index contributed by atoms with van der Waals surface area (Å²) in [5.41, 5.74) is 13.4. The maximum atomic E-state index is 6.82. The summed E-state index contributed by atoms with van der Waals surface area (Å²) in [6.45, 7) is 2.22. The van der Waals surface area contributed by atoms with E-state index in [2.05, 4.69) is 187 Å². The zero-order valence-corrected chi connectivity index (χ0v) is 32.1. The Morgan fingerprint density at radius 1 is 0.632 bits per heavy atom. The number of hydrogen-bond acceptors (Lipinski definition) is 4. The fraction of sp³-hybridized carbons (Fsp3) is 0.154. The number of hydrogen-bond donors (Lipinski definition) is 0. The van der Waals surface area contributed by atoms with Crippen molar-refractivity contribution >= 4 is 79.2 Å². The molecule has 0 bridgehead atoms. The number of aryl methyl sites for hydroxylation is 1. The van der Waals surface area contributed by atoms with E-state index in [1.807, 2.05) is 0 Å². The highest BCUT2D eigenvalue weighted by Crippen LogP contribution is 2.46. The highest BCUT2D eigenvalue weighted by atomic mass is 16.5. The first-order valence-corrected chi connectivity index (χ1v) is 20.6. The Balaban J connectivity index is 0.947. The molecule has 3 heterocycles. The summed E-state index contributed by atoms with van der Waals surface area (Å²) in [7, 11) is 0. The van der Waals surface area contributed by atoms with Crippen LogP contribution in [-0.4, -0.2) is 6.71 Å². The van der Waals surface area contributed by atoms with Crippen LogP contribution in [0.15, 0.2) is 174 Å². The van der Waals surface area contributed by atoms with E-state index in [-0.39, 0.29) is 6.71 Å². The standard InChI is InChI=1S/C52H43BN2O2/c1-2-3-6-14-36-31-37(36)26-23-35-24-27-40(28-25-35)54(38-15-7-4-8-16-38)41-29-30-42-43-33-51-45(34-50(43)57-49(42)32-41)53-44-19-11-12-20-46(44)55(39-17-9-5-10-18-39)47-21-13-22-48(56-51)52(47)53/h3-13,15-22,24-25,27-30,32-34,36-37H,2,14,23,26,31H2,1H3/b6-3+. The first kappa shape index (κ1) is 33.8. The average Bonchev–Trinajstić information content (AvgIpc) is 3.92. The van der Waals surface area contributed by atoms with E-state index in [1.54, 1.807) is 0 Å². The van der Waals surface area contributed by atoms with Gasteiger partial charge in [0.1, 0.15) is 22.7 Å². The highest BCUT2D eigenvalue weighted by Gasteiger charge is 2.42. The molecule has 2 atom stereocenters. The molecule has 4 nitrogen and oxygen atoms in total. The summed E-state index contributed by atoms with van der Waals surface area (Å²) < 4.78 is 13.6. The number of allylic oxidation sites excluding steroid dienone is 2. The molecule has 8 aromatic rings. The number of para-hydroxylation sites is 3. The zero-order chi connectivity index (χ0) is 37.9. The van der Waals surface area contributed by atoms with Gasteiger partial charge in [0, 0.05) is 51.0 Å².